The van der Waals surface area contributed by atoms with E-state index < -0.39 is 9.84 Å². The van der Waals surface area contributed by atoms with Crippen molar-refractivity contribution in [3.63, 3.8) is 0 Å². The summed E-state index contributed by atoms with van der Waals surface area (Å²) >= 11 is 0. The third-order valence-corrected chi connectivity index (χ3v) is 6.74. The molecule has 1 aliphatic heterocycles. The fourth-order valence-electron chi connectivity index (χ4n) is 3.19. The summed E-state index contributed by atoms with van der Waals surface area (Å²) in [5.74, 6) is 1.94. The van der Waals surface area contributed by atoms with Gasteiger partial charge in [-0.1, -0.05) is 6.92 Å². The molecule has 0 saturated heterocycles. The van der Waals surface area contributed by atoms with E-state index in [2.05, 4.69) is 10.3 Å². The van der Waals surface area contributed by atoms with Gasteiger partial charge >= 0.3 is 0 Å². The van der Waals surface area contributed by atoms with Crippen LogP contribution >= 0.6 is 0 Å². The number of ether oxygens (including phenoxy) is 3. The van der Waals surface area contributed by atoms with Crippen molar-refractivity contribution < 1.29 is 27.0 Å². The predicted octanol–water partition coefficient (Wildman–Crippen LogP) is 4.55. The summed E-state index contributed by atoms with van der Waals surface area (Å²) < 4.78 is 49.4. The smallest absolute Gasteiger partial charge is 0.234 e. The second-order valence-electron chi connectivity index (χ2n) is 7.37. The molecule has 4 rings (SSSR count). The number of fused-ring (bicyclic) bond motifs is 1. The molecule has 2 aromatic carbocycles. The van der Waals surface area contributed by atoms with Crippen LogP contribution in [0.2, 0.25) is 0 Å². The number of oxazole rings is 1. The molecule has 2 heterocycles. The Bertz CT molecular complexity index is 1190. The Balaban J connectivity index is 1.75. The van der Waals surface area contributed by atoms with E-state index in [9.17, 15) is 8.42 Å². The van der Waals surface area contributed by atoms with Gasteiger partial charge in [-0.25, -0.2) is 8.42 Å². The number of hydrogen-bond acceptors (Lipinski definition) is 8. The van der Waals surface area contributed by atoms with Gasteiger partial charge in [0.2, 0.25) is 26.6 Å². The van der Waals surface area contributed by atoms with Gasteiger partial charge in [0.05, 0.1) is 11.5 Å². The number of nitrogens with one attached hydrogen (secondary N) is 1. The second-order valence-corrected chi connectivity index (χ2v) is 9.24. The molecule has 1 aromatic heterocycles. The molecular weight excluding hydrogens is 432 g/mol. The Morgan fingerprint density at radius 1 is 1.06 bits per heavy atom. The van der Waals surface area contributed by atoms with Crippen LogP contribution in [0, 0.1) is 0 Å². The quantitative estimate of drug-likeness (QED) is 0.525. The van der Waals surface area contributed by atoms with Gasteiger partial charge in [0, 0.05) is 17.7 Å². The largest absolute Gasteiger partial charge is 0.494 e. The van der Waals surface area contributed by atoms with Crippen LogP contribution in [0.1, 0.15) is 27.2 Å². The fourth-order valence-corrected chi connectivity index (χ4v) is 4.47. The van der Waals surface area contributed by atoms with Crippen molar-refractivity contribution in [2.45, 2.75) is 43.2 Å². The highest BCUT2D eigenvalue weighted by Gasteiger charge is 2.30. The van der Waals surface area contributed by atoms with Gasteiger partial charge in [-0.05, 0) is 56.7 Å². The minimum absolute atomic E-state index is 0.00894. The van der Waals surface area contributed by atoms with Gasteiger partial charge in [-0.2, -0.15) is 4.98 Å². The molecule has 0 fully saturated rings. The van der Waals surface area contributed by atoms with E-state index in [-0.39, 0.29) is 27.7 Å². The monoisotopic (exact) mass is 458 g/mol. The summed E-state index contributed by atoms with van der Waals surface area (Å²) in [6, 6.07) is 11.7. The van der Waals surface area contributed by atoms with Crippen molar-refractivity contribution in [3.05, 3.63) is 42.5 Å². The molecule has 1 aliphatic rings. The fraction of sp³-hybridized carbons (Fsp3) is 0.348. The lowest BCUT2D eigenvalue weighted by molar-refractivity contribution is 0.171. The van der Waals surface area contributed by atoms with Crippen molar-refractivity contribution in [2.24, 2.45) is 0 Å². The normalized spacial score (nSPS) is 14.1. The minimum Gasteiger partial charge on any atom is -0.494 e. The molecule has 0 saturated carbocycles. The van der Waals surface area contributed by atoms with E-state index in [1.54, 1.807) is 30.3 Å². The van der Waals surface area contributed by atoms with E-state index in [4.69, 9.17) is 18.6 Å². The topological polar surface area (TPSA) is 99.9 Å². The van der Waals surface area contributed by atoms with Crippen LogP contribution in [0.3, 0.4) is 0 Å². The molecule has 1 N–H and O–H groups in total. The summed E-state index contributed by atoms with van der Waals surface area (Å²) in [6.07, 6.45) is 0.780. The highest BCUT2D eigenvalue weighted by atomic mass is 32.2. The molecule has 1 atom stereocenters. The highest BCUT2D eigenvalue weighted by Crippen LogP contribution is 2.37. The average Bonchev–Trinajstić information content (AvgIpc) is 3.24. The lowest BCUT2D eigenvalue weighted by Gasteiger charge is -2.18. The van der Waals surface area contributed by atoms with Crippen molar-refractivity contribution >= 4 is 15.7 Å². The Morgan fingerprint density at radius 2 is 1.78 bits per heavy atom. The molecule has 0 radical (unpaired) electrons. The van der Waals surface area contributed by atoms with E-state index >= 15 is 0 Å². The lowest BCUT2D eigenvalue weighted by atomic mass is 10.2. The molecule has 8 nitrogen and oxygen atoms in total. The summed E-state index contributed by atoms with van der Waals surface area (Å²) in [5, 5.41) is 2.96. The predicted molar refractivity (Wildman–Crippen MR) is 119 cm³/mol. The van der Waals surface area contributed by atoms with Crippen molar-refractivity contribution in [2.75, 3.05) is 25.1 Å². The van der Waals surface area contributed by atoms with Crippen LogP contribution in [-0.2, 0) is 9.84 Å². The van der Waals surface area contributed by atoms with E-state index in [1.807, 2.05) is 20.8 Å². The molecule has 0 spiro atoms. The first-order chi connectivity index (χ1) is 15.4. The summed E-state index contributed by atoms with van der Waals surface area (Å²) in [6.45, 7) is 7.19. The summed E-state index contributed by atoms with van der Waals surface area (Å²) in [7, 11) is -3.99. The van der Waals surface area contributed by atoms with Crippen molar-refractivity contribution in [3.8, 4) is 28.7 Å². The average molecular weight is 459 g/mol. The van der Waals surface area contributed by atoms with Crippen LogP contribution < -0.4 is 19.5 Å². The number of aromatic nitrogens is 1. The number of rotatable bonds is 8. The van der Waals surface area contributed by atoms with Crippen molar-refractivity contribution in [1.82, 2.24) is 4.98 Å². The molecule has 1 unspecified atom stereocenters. The standard InChI is InChI=1S/C23H26N2O6S/c1-4-15(3)24-22-23(25-21(31-22)16-6-8-17(9-7-16)28-5-2)32(26,27)18-10-11-19-20(14-18)30-13-12-29-19/h6-11,14-15,24H,4-5,12-13H2,1-3H3. The number of anilines is 1. The maximum Gasteiger partial charge on any atom is 0.234 e. The molecule has 32 heavy (non-hydrogen) atoms. The highest BCUT2D eigenvalue weighted by molar-refractivity contribution is 7.91. The van der Waals surface area contributed by atoms with Crippen LogP contribution in [-0.4, -0.2) is 39.3 Å². The Morgan fingerprint density at radius 3 is 2.47 bits per heavy atom. The maximum atomic E-state index is 13.5. The SMILES string of the molecule is CCOc1ccc(-c2nc(S(=O)(=O)c3ccc4c(c3)OCCO4)c(NC(C)CC)o2)cc1. The Kier molecular flexibility index (Phi) is 6.27. The first-order valence-corrected chi connectivity index (χ1v) is 12.1. The second kappa shape index (κ2) is 9.12. The van der Waals surface area contributed by atoms with Gasteiger partial charge in [0.25, 0.3) is 0 Å². The van der Waals surface area contributed by atoms with Gasteiger partial charge in [0.1, 0.15) is 19.0 Å². The molecule has 0 bridgehead atoms. The number of sulfone groups is 1. The first kappa shape index (κ1) is 22.0. The third kappa shape index (κ3) is 4.38. The number of nitrogens with zero attached hydrogens (tertiary/aromatic N) is 1. The zero-order valence-electron chi connectivity index (χ0n) is 18.3. The van der Waals surface area contributed by atoms with Crippen LogP contribution in [0.4, 0.5) is 5.88 Å². The molecule has 9 heteroatoms. The summed E-state index contributed by atoms with van der Waals surface area (Å²) in [4.78, 5) is 4.43. The summed E-state index contributed by atoms with van der Waals surface area (Å²) in [5.41, 5.74) is 0.643. The van der Waals surface area contributed by atoms with Gasteiger partial charge in [0.15, 0.2) is 11.5 Å². The Labute approximate surface area is 187 Å². The van der Waals surface area contributed by atoms with E-state index in [0.29, 0.717) is 42.6 Å². The zero-order chi connectivity index (χ0) is 22.7. The maximum absolute atomic E-state index is 13.5. The van der Waals surface area contributed by atoms with Crippen LogP contribution in [0.25, 0.3) is 11.5 Å². The molecule has 0 aliphatic carbocycles. The van der Waals surface area contributed by atoms with Gasteiger partial charge in [-0.3, -0.25) is 0 Å². The van der Waals surface area contributed by atoms with E-state index in [0.717, 1.165) is 6.42 Å². The number of hydrogen-bond donors (Lipinski definition) is 1. The van der Waals surface area contributed by atoms with Gasteiger partial charge in [-0.15, -0.1) is 0 Å². The van der Waals surface area contributed by atoms with E-state index in [1.165, 1.54) is 12.1 Å². The van der Waals surface area contributed by atoms with Crippen LogP contribution in [0.15, 0.2) is 56.8 Å². The zero-order valence-corrected chi connectivity index (χ0v) is 19.1. The lowest BCUT2D eigenvalue weighted by Crippen LogP contribution is -2.17. The first-order valence-electron chi connectivity index (χ1n) is 10.6. The molecular formula is C23H26N2O6S. The number of benzene rings is 2. The van der Waals surface area contributed by atoms with Crippen molar-refractivity contribution in [1.29, 1.82) is 0 Å². The third-order valence-electron chi connectivity index (χ3n) is 5.08. The Hall–Kier alpha value is -3.20. The minimum atomic E-state index is -3.99. The molecule has 3 aromatic rings. The van der Waals surface area contributed by atoms with Gasteiger partial charge < -0.3 is 23.9 Å². The van der Waals surface area contributed by atoms with Crippen LogP contribution in [0.5, 0.6) is 17.2 Å². The molecule has 0 amide bonds. The molecule has 170 valence electrons.